The van der Waals surface area contributed by atoms with Crippen LogP contribution in [0, 0.1) is 5.92 Å². The Morgan fingerprint density at radius 2 is 1.71 bits per heavy atom. The minimum Gasteiger partial charge on any atom is -0.376 e. The van der Waals surface area contributed by atoms with Crippen LogP contribution < -0.4 is 0 Å². The second-order valence-corrected chi connectivity index (χ2v) is 10.0. The third-order valence-corrected chi connectivity index (χ3v) is 7.51. The van der Waals surface area contributed by atoms with Gasteiger partial charge in [-0.2, -0.15) is 0 Å². The van der Waals surface area contributed by atoms with Gasteiger partial charge in [0.25, 0.3) is 0 Å². The van der Waals surface area contributed by atoms with E-state index in [0.717, 1.165) is 49.0 Å². The number of carbonyl (C=O) groups excluding carboxylic acids is 3. The fourth-order valence-electron chi connectivity index (χ4n) is 5.26. The molecule has 6 heteroatoms. The average Bonchev–Trinajstić information content (AvgIpc) is 3.48. The van der Waals surface area contributed by atoms with E-state index in [2.05, 4.69) is 0 Å². The van der Waals surface area contributed by atoms with E-state index in [1.165, 1.54) is 11.9 Å². The van der Waals surface area contributed by atoms with E-state index < -0.39 is 5.41 Å². The summed E-state index contributed by atoms with van der Waals surface area (Å²) in [5, 5.41) is 0. The van der Waals surface area contributed by atoms with Crippen molar-refractivity contribution in [2.45, 2.75) is 50.0 Å². The van der Waals surface area contributed by atoms with Crippen LogP contribution >= 0.6 is 0 Å². The summed E-state index contributed by atoms with van der Waals surface area (Å²) in [5.74, 6) is -0.0550. The summed E-state index contributed by atoms with van der Waals surface area (Å²) in [6.45, 7) is 2.02. The summed E-state index contributed by atoms with van der Waals surface area (Å²) in [7, 11) is 1.52. The van der Waals surface area contributed by atoms with Gasteiger partial charge in [-0.3, -0.25) is 19.3 Å². The van der Waals surface area contributed by atoms with Crippen LogP contribution in [0.2, 0.25) is 0 Å². The number of imide groups is 1. The summed E-state index contributed by atoms with van der Waals surface area (Å²) in [4.78, 5) is 42.8. The zero-order valence-corrected chi connectivity index (χ0v) is 19.7. The van der Waals surface area contributed by atoms with Gasteiger partial charge in [0.2, 0.25) is 17.7 Å². The van der Waals surface area contributed by atoms with Gasteiger partial charge in [-0.15, -0.1) is 0 Å². The number of likely N-dealkylation sites (N-methyl/N-ethyl adjacent to an activating group) is 1. The summed E-state index contributed by atoms with van der Waals surface area (Å²) in [6.07, 6.45) is 4.35. The fourth-order valence-corrected chi connectivity index (χ4v) is 5.26. The number of carbonyl (C=O) groups is 3. The molecule has 0 bridgehead atoms. The molecule has 2 saturated heterocycles. The van der Waals surface area contributed by atoms with E-state index in [-0.39, 0.29) is 36.7 Å². The minimum atomic E-state index is -1.16. The van der Waals surface area contributed by atoms with Crippen molar-refractivity contribution in [3.8, 4) is 11.1 Å². The van der Waals surface area contributed by atoms with Gasteiger partial charge in [0, 0.05) is 39.6 Å². The molecule has 1 saturated carbocycles. The predicted molar refractivity (Wildman–Crippen MR) is 129 cm³/mol. The molecule has 6 nitrogen and oxygen atoms in total. The van der Waals surface area contributed by atoms with Crippen LogP contribution in [-0.4, -0.2) is 60.4 Å². The van der Waals surface area contributed by atoms with Gasteiger partial charge in [-0.1, -0.05) is 54.6 Å². The van der Waals surface area contributed by atoms with E-state index in [4.69, 9.17) is 4.74 Å². The number of hydrogen-bond acceptors (Lipinski definition) is 4. The molecule has 2 heterocycles. The Balaban J connectivity index is 1.43. The van der Waals surface area contributed by atoms with Gasteiger partial charge in [0.15, 0.2) is 0 Å². The summed E-state index contributed by atoms with van der Waals surface area (Å²) in [6, 6.07) is 17.8. The maximum atomic E-state index is 13.7. The first kappa shape index (κ1) is 22.8. The highest BCUT2D eigenvalue weighted by atomic mass is 16.5. The van der Waals surface area contributed by atoms with Gasteiger partial charge < -0.3 is 9.64 Å². The normalized spacial score (nSPS) is 24.6. The number of benzene rings is 2. The molecule has 3 aliphatic rings. The van der Waals surface area contributed by atoms with Crippen LogP contribution in [0.25, 0.3) is 11.1 Å². The molecule has 1 aliphatic carbocycles. The lowest BCUT2D eigenvalue weighted by Gasteiger charge is -2.31. The lowest BCUT2D eigenvalue weighted by Crippen LogP contribution is -2.45. The Morgan fingerprint density at radius 3 is 2.29 bits per heavy atom. The van der Waals surface area contributed by atoms with E-state index in [9.17, 15) is 14.4 Å². The zero-order chi connectivity index (χ0) is 23.7. The second kappa shape index (κ2) is 9.34. The molecule has 0 N–H and O–H groups in total. The van der Waals surface area contributed by atoms with Gasteiger partial charge >= 0.3 is 0 Å². The van der Waals surface area contributed by atoms with E-state index in [1.54, 1.807) is 0 Å². The minimum absolute atomic E-state index is 0.00599. The molecule has 5 rings (SSSR count). The first-order chi connectivity index (χ1) is 16.5. The highest BCUT2D eigenvalue weighted by Crippen LogP contribution is 2.41. The first-order valence-corrected chi connectivity index (χ1v) is 12.3. The van der Waals surface area contributed by atoms with Crippen molar-refractivity contribution in [1.82, 2.24) is 9.80 Å². The first-order valence-electron chi connectivity index (χ1n) is 12.3. The van der Waals surface area contributed by atoms with Gasteiger partial charge in [-0.25, -0.2) is 0 Å². The number of nitrogens with zero attached hydrogens (tertiary/aromatic N) is 2. The SMILES string of the molecule is CN1C(=O)CC(CC(=O)N(CC2CC2)CC2CCCO2)(c2ccc(-c3ccccc3)cc2)C1=O. The number of ether oxygens (including phenoxy) is 1. The molecule has 0 spiro atoms. The molecule has 2 unspecified atom stereocenters. The highest BCUT2D eigenvalue weighted by Gasteiger charge is 2.53. The molecular weight excluding hydrogens is 428 g/mol. The molecule has 34 heavy (non-hydrogen) atoms. The lowest BCUT2D eigenvalue weighted by atomic mass is 9.75. The number of amides is 3. The number of hydrogen-bond donors (Lipinski definition) is 0. The molecule has 3 amide bonds. The molecular formula is C28H32N2O4. The number of likely N-dealkylation sites (tertiary alicyclic amines) is 1. The molecule has 2 atom stereocenters. The molecule has 2 aromatic carbocycles. The molecule has 0 aromatic heterocycles. The Labute approximate surface area is 200 Å². The monoisotopic (exact) mass is 460 g/mol. The Hall–Kier alpha value is -2.99. The van der Waals surface area contributed by atoms with Crippen molar-refractivity contribution in [2.24, 2.45) is 5.92 Å². The molecule has 2 aliphatic heterocycles. The lowest BCUT2D eigenvalue weighted by molar-refractivity contribution is -0.142. The van der Waals surface area contributed by atoms with Crippen molar-refractivity contribution in [1.29, 1.82) is 0 Å². The van der Waals surface area contributed by atoms with Gasteiger partial charge in [0.05, 0.1) is 11.5 Å². The predicted octanol–water partition coefficient (Wildman–Crippen LogP) is 3.79. The van der Waals surface area contributed by atoms with Gasteiger partial charge in [0.1, 0.15) is 0 Å². The van der Waals surface area contributed by atoms with E-state index >= 15 is 0 Å². The van der Waals surface area contributed by atoms with Crippen LogP contribution in [0.3, 0.4) is 0 Å². The average molecular weight is 461 g/mol. The van der Waals surface area contributed by atoms with Crippen LogP contribution in [0.15, 0.2) is 54.6 Å². The van der Waals surface area contributed by atoms with Crippen molar-refractivity contribution >= 4 is 17.7 Å². The maximum absolute atomic E-state index is 13.7. The maximum Gasteiger partial charge on any atom is 0.240 e. The molecule has 178 valence electrons. The Morgan fingerprint density at radius 1 is 1.00 bits per heavy atom. The third kappa shape index (κ3) is 4.51. The standard InChI is InChI=1S/C28H32N2O4/c1-29-25(31)16-28(27(29)33,23-13-11-22(12-14-23)21-6-3-2-4-7-21)17-26(32)30(18-20-9-10-20)19-24-8-5-15-34-24/h2-4,6-7,11-14,20,24H,5,8-10,15-19H2,1H3. The van der Waals surface area contributed by atoms with Crippen LogP contribution in [0.4, 0.5) is 0 Å². The number of rotatable bonds is 8. The van der Waals surface area contributed by atoms with Crippen LogP contribution in [-0.2, 0) is 24.5 Å². The smallest absolute Gasteiger partial charge is 0.240 e. The molecule has 3 fully saturated rings. The quantitative estimate of drug-likeness (QED) is 0.562. The molecule has 0 radical (unpaired) electrons. The van der Waals surface area contributed by atoms with Crippen molar-refractivity contribution in [2.75, 3.05) is 26.7 Å². The topological polar surface area (TPSA) is 66.9 Å². The van der Waals surface area contributed by atoms with E-state index in [1.807, 2.05) is 59.5 Å². The zero-order valence-electron chi connectivity index (χ0n) is 19.7. The largest absolute Gasteiger partial charge is 0.376 e. The van der Waals surface area contributed by atoms with E-state index in [0.29, 0.717) is 19.0 Å². The van der Waals surface area contributed by atoms with Crippen LogP contribution in [0.1, 0.15) is 44.1 Å². The Kier molecular flexibility index (Phi) is 6.26. The second-order valence-electron chi connectivity index (χ2n) is 10.0. The van der Waals surface area contributed by atoms with Gasteiger partial charge in [-0.05, 0) is 48.3 Å². The van der Waals surface area contributed by atoms with Crippen LogP contribution in [0.5, 0.6) is 0 Å². The highest BCUT2D eigenvalue weighted by molar-refractivity contribution is 6.10. The summed E-state index contributed by atoms with van der Waals surface area (Å²) in [5.41, 5.74) is 1.69. The molecule has 2 aromatic rings. The fraction of sp³-hybridized carbons (Fsp3) is 0.464. The summed E-state index contributed by atoms with van der Waals surface area (Å²) < 4.78 is 5.80. The van der Waals surface area contributed by atoms with Crippen molar-refractivity contribution < 1.29 is 19.1 Å². The van der Waals surface area contributed by atoms with Crippen molar-refractivity contribution in [3.63, 3.8) is 0 Å². The third-order valence-electron chi connectivity index (χ3n) is 7.51. The summed E-state index contributed by atoms with van der Waals surface area (Å²) >= 11 is 0. The Bertz CT molecular complexity index is 1060. The van der Waals surface area contributed by atoms with Crippen molar-refractivity contribution in [3.05, 3.63) is 60.2 Å².